The molecule has 0 saturated heterocycles. The second-order valence-electron chi connectivity index (χ2n) is 5.81. The molecule has 0 bridgehead atoms. The number of benzene rings is 1. The van der Waals surface area contributed by atoms with Crippen molar-refractivity contribution in [3.63, 3.8) is 0 Å². The van der Waals surface area contributed by atoms with Crippen LogP contribution in [0.2, 0.25) is 0 Å². The summed E-state index contributed by atoms with van der Waals surface area (Å²) < 4.78 is 16.6. The van der Waals surface area contributed by atoms with Crippen LogP contribution in [0.15, 0.2) is 36.4 Å². The Morgan fingerprint density at radius 1 is 0.950 bits per heavy atom. The van der Waals surface area contributed by atoms with Crippen LogP contribution in [-0.4, -0.2) is 8.42 Å². The summed E-state index contributed by atoms with van der Waals surface area (Å²) in [5.41, 5.74) is 2.96. The van der Waals surface area contributed by atoms with E-state index in [0.717, 1.165) is 17.8 Å². The van der Waals surface area contributed by atoms with Gasteiger partial charge in [-0.05, 0) is 41.2 Å². The third-order valence-corrected chi connectivity index (χ3v) is 4.82. The maximum Gasteiger partial charge on any atom is 0.335 e. The van der Waals surface area contributed by atoms with Crippen molar-refractivity contribution in [1.82, 2.24) is 0 Å². The van der Waals surface area contributed by atoms with Crippen molar-refractivity contribution >= 4 is 17.1 Å². The minimum absolute atomic E-state index is 0.664. The summed E-state index contributed by atoms with van der Waals surface area (Å²) in [6.07, 6.45) is 3.70. The fourth-order valence-corrected chi connectivity index (χ4v) is 2.98. The summed E-state index contributed by atoms with van der Waals surface area (Å²) in [5.74, 6) is 3.03. The first-order valence-electron chi connectivity index (χ1n) is 7.20. The summed E-state index contributed by atoms with van der Waals surface area (Å²) in [6, 6.07) is 10.9. The highest BCUT2D eigenvalue weighted by molar-refractivity contribution is 7.51. The van der Waals surface area contributed by atoms with Gasteiger partial charge in [-0.3, -0.25) is 0 Å². The molecule has 0 N–H and O–H groups in total. The molecule has 4 unspecified atom stereocenters. The predicted octanol–water partition coefficient (Wildman–Crippen LogP) is 4.35. The van der Waals surface area contributed by atoms with Crippen LogP contribution in [0.1, 0.15) is 39.7 Å². The van der Waals surface area contributed by atoms with Crippen LogP contribution in [0, 0.1) is 23.7 Å². The van der Waals surface area contributed by atoms with E-state index in [1.165, 1.54) is 12.0 Å². The Morgan fingerprint density at radius 2 is 1.50 bits per heavy atom. The number of allylic oxidation sites excluding steroid dienone is 2. The lowest BCUT2D eigenvalue weighted by Gasteiger charge is -2.28. The van der Waals surface area contributed by atoms with Gasteiger partial charge in [0.1, 0.15) is 0 Å². The number of hydrogen-bond acceptors (Lipinski definition) is 2. The number of rotatable bonds is 1. The van der Waals surface area contributed by atoms with Crippen LogP contribution in [0.25, 0.3) is 5.57 Å². The highest BCUT2D eigenvalue weighted by Gasteiger charge is 2.28. The smallest absolute Gasteiger partial charge is 0.168 e. The maximum atomic E-state index is 8.29. The normalized spacial score (nSPS) is 29.5. The van der Waals surface area contributed by atoms with Crippen LogP contribution in [-0.2, 0) is 11.6 Å². The van der Waals surface area contributed by atoms with E-state index in [1.807, 2.05) is 0 Å². The molecule has 0 fully saturated rings. The minimum Gasteiger partial charge on any atom is -0.168 e. The van der Waals surface area contributed by atoms with E-state index in [1.54, 1.807) is 5.57 Å². The van der Waals surface area contributed by atoms with Crippen LogP contribution in [0.5, 0.6) is 0 Å². The fourth-order valence-electron chi connectivity index (χ4n) is 2.98. The van der Waals surface area contributed by atoms with Gasteiger partial charge in [0.25, 0.3) is 0 Å². The molecule has 0 saturated carbocycles. The SMILES string of the molecule is CC1CC=C(c2ccccc2)C(C)C(C)C1C.O=S=O. The van der Waals surface area contributed by atoms with Crippen molar-refractivity contribution < 1.29 is 8.42 Å². The molecule has 0 amide bonds. The molecule has 2 rings (SSSR count). The van der Waals surface area contributed by atoms with Crippen LogP contribution >= 0.6 is 0 Å². The lowest BCUT2D eigenvalue weighted by Crippen LogP contribution is -2.20. The molecule has 2 nitrogen and oxygen atoms in total. The Morgan fingerprint density at radius 3 is 2.05 bits per heavy atom. The molecule has 0 aliphatic heterocycles. The highest BCUT2D eigenvalue weighted by Crippen LogP contribution is 2.40. The van der Waals surface area contributed by atoms with Crippen LogP contribution in [0.3, 0.4) is 0 Å². The first-order valence-corrected chi connectivity index (χ1v) is 7.86. The Kier molecular flexibility index (Phi) is 6.86. The molecule has 110 valence electrons. The van der Waals surface area contributed by atoms with E-state index in [9.17, 15) is 0 Å². The molecule has 0 spiro atoms. The van der Waals surface area contributed by atoms with Crippen molar-refractivity contribution in [2.24, 2.45) is 23.7 Å². The van der Waals surface area contributed by atoms with E-state index in [4.69, 9.17) is 8.42 Å². The van der Waals surface area contributed by atoms with Gasteiger partial charge >= 0.3 is 11.6 Å². The van der Waals surface area contributed by atoms with E-state index in [0.29, 0.717) is 5.92 Å². The first-order chi connectivity index (χ1) is 9.52. The summed E-state index contributed by atoms with van der Waals surface area (Å²) in [4.78, 5) is 0. The monoisotopic (exact) mass is 292 g/mol. The van der Waals surface area contributed by atoms with Gasteiger partial charge in [0.2, 0.25) is 0 Å². The molecular weight excluding hydrogens is 268 g/mol. The van der Waals surface area contributed by atoms with E-state index in [-0.39, 0.29) is 0 Å². The molecule has 0 heterocycles. The Hall–Kier alpha value is -1.22. The third-order valence-electron chi connectivity index (χ3n) is 4.82. The molecular formula is C17H24O2S. The average Bonchev–Trinajstić information content (AvgIpc) is 2.55. The van der Waals surface area contributed by atoms with Crippen molar-refractivity contribution in [1.29, 1.82) is 0 Å². The molecule has 0 aromatic heterocycles. The quantitative estimate of drug-likeness (QED) is 0.771. The Bertz CT molecular complexity index is 475. The van der Waals surface area contributed by atoms with Gasteiger partial charge in [-0.15, -0.1) is 0 Å². The van der Waals surface area contributed by atoms with Crippen LogP contribution in [0.4, 0.5) is 0 Å². The van der Waals surface area contributed by atoms with E-state index < -0.39 is 11.6 Å². The molecule has 1 aromatic carbocycles. The lowest BCUT2D eigenvalue weighted by atomic mass is 9.77. The molecule has 1 aromatic rings. The van der Waals surface area contributed by atoms with Gasteiger partial charge in [-0.2, -0.15) is 8.42 Å². The largest absolute Gasteiger partial charge is 0.335 e. The van der Waals surface area contributed by atoms with Gasteiger partial charge < -0.3 is 0 Å². The molecule has 1 aliphatic carbocycles. The van der Waals surface area contributed by atoms with Gasteiger partial charge in [0.15, 0.2) is 0 Å². The summed E-state index contributed by atoms with van der Waals surface area (Å²) in [7, 11) is 0. The summed E-state index contributed by atoms with van der Waals surface area (Å²) in [5, 5.41) is 0. The zero-order chi connectivity index (χ0) is 15.1. The van der Waals surface area contributed by atoms with Crippen molar-refractivity contribution in [3.05, 3.63) is 42.0 Å². The Balaban J connectivity index is 0.000000612. The van der Waals surface area contributed by atoms with Crippen LogP contribution < -0.4 is 0 Å². The molecule has 20 heavy (non-hydrogen) atoms. The molecule has 4 atom stereocenters. The van der Waals surface area contributed by atoms with E-state index in [2.05, 4.69) is 64.1 Å². The molecule has 1 aliphatic rings. The van der Waals surface area contributed by atoms with Gasteiger partial charge in [-0.25, -0.2) is 0 Å². The lowest BCUT2D eigenvalue weighted by molar-refractivity contribution is 0.252. The first kappa shape index (κ1) is 16.8. The topological polar surface area (TPSA) is 34.1 Å². The van der Waals surface area contributed by atoms with Gasteiger partial charge in [-0.1, -0.05) is 64.1 Å². The maximum absolute atomic E-state index is 8.29. The molecule has 3 heteroatoms. The standard InChI is InChI=1S/C17H24.O2S/c1-12-10-11-17(15(4)14(3)13(12)2)16-8-6-5-7-9-16;1-3-2/h5-9,11-15H,10H2,1-4H3;. The zero-order valence-corrected chi connectivity index (χ0v) is 13.5. The Labute approximate surface area is 125 Å². The second-order valence-corrected chi connectivity index (χ2v) is 5.95. The van der Waals surface area contributed by atoms with Crippen molar-refractivity contribution in [3.8, 4) is 0 Å². The molecule has 0 radical (unpaired) electrons. The van der Waals surface area contributed by atoms with E-state index >= 15 is 0 Å². The minimum atomic E-state index is -0.750. The summed E-state index contributed by atoms with van der Waals surface area (Å²) >= 11 is -0.750. The fraction of sp³-hybridized carbons (Fsp3) is 0.529. The van der Waals surface area contributed by atoms with Crippen molar-refractivity contribution in [2.45, 2.75) is 34.1 Å². The van der Waals surface area contributed by atoms with Gasteiger partial charge in [0, 0.05) is 0 Å². The van der Waals surface area contributed by atoms with Crippen molar-refractivity contribution in [2.75, 3.05) is 0 Å². The highest BCUT2D eigenvalue weighted by atomic mass is 32.1. The summed E-state index contributed by atoms with van der Waals surface area (Å²) in [6.45, 7) is 9.60. The zero-order valence-electron chi connectivity index (χ0n) is 12.7. The average molecular weight is 292 g/mol. The third kappa shape index (κ3) is 4.14. The number of hydrogen-bond donors (Lipinski definition) is 0. The predicted molar refractivity (Wildman–Crippen MR) is 84.6 cm³/mol. The van der Waals surface area contributed by atoms with Gasteiger partial charge in [0.05, 0.1) is 0 Å². The second kappa shape index (κ2) is 8.15.